The number of anilines is 3. The van der Waals surface area contributed by atoms with Gasteiger partial charge < -0.3 is 19.5 Å². The van der Waals surface area contributed by atoms with Gasteiger partial charge in [0.05, 0.1) is 48.6 Å². The highest BCUT2D eigenvalue weighted by molar-refractivity contribution is 7.92. The second-order valence-electron chi connectivity index (χ2n) is 9.19. The fourth-order valence-corrected chi connectivity index (χ4v) is 4.66. The quantitative estimate of drug-likeness (QED) is 0.419. The molecule has 0 aliphatic carbocycles. The third kappa shape index (κ3) is 6.50. The highest BCUT2D eigenvalue weighted by Gasteiger charge is 2.44. The number of carbonyl (C=O) groups is 1. The van der Waals surface area contributed by atoms with Gasteiger partial charge in [0, 0.05) is 28.7 Å². The summed E-state index contributed by atoms with van der Waals surface area (Å²) in [6.07, 6.45) is 3.88. The van der Waals surface area contributed by atoms with Crippen LogP contribution in [0.3, 0.4) is 0 Å². The molecule has 4 rings (SSSR count). The van der Waals surface area contributed by atoms with Crippen LogP contribution in [0.4, 0.5) is 25.8 Å². The van der Waals surface area contributed by atoms with Crippen LogP contribution in [0.1, 0.15) is 29.9 Å². The summed E-state index contributed by atoms with van der Waals surface area (Å²) in [5.74, 6) is -2.38. The zero-order chi connectivity index (χ0) is 27.1. The van der Waals surface area contributed by atoms with Crippen LogP contribution < -0.4 is 19.7 Å². The number of hydrogen-bond donors (Lipinski definition) is 2. The van der Waals surface area contributed by atoms with Crippen molar-refractivity contribution in [2.45, 2.75) is 32.8 Å². The molecule has 1 saturated heterocycles. The summed E-state index contributed by atoms with van der Waals surface area (Å²) in [6, 6.07) is 7.68. The number of carbonyl (C=O) groups excluding carboxylic acids is 1. The first kappa shape index (κ1) is 26.7. The molecule has 13 heteroatoms. The summed E-state index contributed by atoms with van der Waals surface area (Å²) < 4.78 is 59.7. The lowest BCUT2D eigenvalue weighted by Gasteiger charge is -2.40. The van der Waals surface area contributed by atoms with Gasteiger partial charge >= 0.3 is 0 Å². The van der Waals surface area contributed by atoms with E-state index < -0.39 is 21.9 Å². The molecule has 37 heavy (non-hydrogen) atoms. The molecule has 0 radical (unpaired) electrons. The number of hydrogen-bond acceptors (Lipinski definition) is 6. The van der Waals surface area contributed by atoms with Crippen LogP contribution in [0.2, 0.25) is 5.02 Å². The molecular weight excluding hydrogens is 528 g/mol. The maximum Gasteiger partial charge on any atom is 0.282 e. The minimum atomic E-state index is -3.53. The molecule has 1 amide bonds. The molecule has 1 aromatic carbocycles. The molecule has 3 heterocycles. The lowest BCUT2D eigenvalue weighted by molar-refractivity contribution is -0.0263. The monoisotopic (exact) mass is 553 g/mol. The number of nitrogens with one attached hydrogen (secondary N) is 2. The minimum Gasteiger partial charge on any atom is -0.487 e. The normalized spacial score (nSPS) is 14.9. The maximum absolute atomic E-state index is 13.4. The Morgan fingerprint density at radius 2 is 1.84 bits per heavy atom. The third-order valence-corrected chi connectivity index (χ3v) is 6.18. The molecule has 2 aromatic heterocycles. The lowest BCUT2D eigenvalue weighted by Crippen LogP contribution is -2.56. The molecule has 1 aliphatic rings. The van der Waals surface area contributed by atoms with Crippen LogP contribution in [0.25, 0.3) is 5.82 Å². The number of alkyl halides is 2. The molecule has 0 atom stereocenters. The topological polar surface area (TPSA) is 106 Å². The Morgan fingerprint density at radius 1 is 1.16 bits per heavy atom. The molecule has 3 aromatic rings. The molecule has 2 N–H and O–H groups in total. The van der Waals surface area contributed by atoms with E-state index in [1.54, 1.807) is 29.8 Å². The number of aromatic nitrogens is 2. The van der Waals surface area contributed by atoms with Gasteiger partial charge in [0.15, 0.2) is 11.6 Å². The summed E-state index contributed by atoms with van der Waals surface area (Å²) in [5, 5.41) is 2.94. The average Bonchev–Trinajstić information content (AvgIpc) is 3.11. The van der Waals surface area contributed by atoms with E-state index in [4.69, 9.17) is 16.3 Å². The van der Waals surface area contributed by atoms with Crippen LogP contribution in [0.15, 0.2) is 42.7 Å². The van der Waals surface area contributed by atoms with Gasteiger partial charge in [-0.1, -0.05) is 11.6 Å². The zero-order valence-electron chi connectivity index (χ0n) is 20.5. The molecule has 0 unspecified atom stereocenters. The van der Waals surface area contributed by atoms with Crippen molar-refractivity contribution in [3.05, 3.63) is 59.0 Å². The number of sulfonamides is 1. The van der Waals surface area contributed by atoms with E-state index in [-0.39, 0.29) is 29.9 Å². The Kier molecular flexibility index (Phi) is 7.08. The van der Waals surface area contributed by atoms with Crippen molar-refractivity contribution in [3.63, 3.8) is 0 Å². The van der Waals surface area contributed by atoms with Crippen molar-refractivity contribution < 1.29 is 26.7 Å². The van der Waals surface area contributed by atoms with Crippen molar-refractivity contribution in [2.75, 3.05) is 34.3 Å². The fraction of sp³-hybridized carbons (Fsp3) is 0.333. The van der Waals surface area contributed by atoms with Gasteiger partial charge in [-0.3, -0.25) is 9.52 Å². The minimum absolute atomic E-state index is 0.204. The van der Waals surface area contributed by atoms with Crippen molar-refractivity contribution in [2.24, 2.45) is 0 Å². The van der Waals surface area contributed by atoms with E-state index in [2.05, 4.69) is 15.0 Å². The summed E-state index contributed by atoms with van der Waals surface area (Å²) >= 11 is 6.08. The molecule has 9 nitrogen and oxygen atoms in total. The Morgan fingerprint density at radius 3 is 2.46 bits per heavy atom. The van der Waals surface area contributed by atoms with Crippen LogP contribution in [0, 0.1) is 6.92 Å². The molecule has 1 aliphatic heterocycles. The Labute approximate surface area is 218 Å². The third-order valence-electron chi connectivity index (χ3n) is 5.35. The number of nitrogens with zero attached hydrogens (tertiary/aromatic N) is 3. The fourth-order valence-electron chi connectivity index (χ4n) is 3.88. The predicted octanol–water partition coefficient (Wildman–Crippen LogP) is 4.70. The molecule has 1 fully saturated rings. The van der Waals surface area contributed by atoms with Crippen LogP contribution in [-0.2, 0) is 10.0 Å². The van der Waals surface area contributed by atoms with Crippen molar-refractivity contribution in [3.8, 4) is 11.6 Å². The number of amides is 1. The summed E-state index contributed by atoms with van der Waals surface area (Å²) in [7, 11) is -3.53. The van der Waals surface area contributed by atoms with Crippen molar-refractivity contribution in [1.29, 1.82) is 0 Å². The standard InChI is InChI=1S/C24H26ClF2N5O4S/c1-14(2)36-21-9-20(31-12-24(26,27)13-31)10-28-22(21)32-11-16(5-15(32)3)23(33)29-18-6-17(25)7-19(8-18)30-37(4,34)35/h5-11,14,30H,12-13H2,1-4H3,(H,29,33). The Bertz CT molecular complexity index is 1450. The van der Waals surface area contributed by atoms with E-state index in [0.29, 0.717) is 34.2 Å². The number of ether oxygens (including phenoxy) is 1. The van der Waals surface area contributed by atoms with Gasteiger partial charge in [-0.25, -0.2) is 22.2 Å². The summed E-state index contributed by atoms with van der Waals surface area (Å²) in [5.41, 5.74) is 2.01. The number of benzene rings is 1. The van der Waals surface area contributed by atoms with Gasteiger partial charge in [0.1, 0.15) is 0 Å². The van der Waals surface area contributed by atoms with Crippen LogP contribution in [-0.4, -0.2) is 55.2 Å². The second-order valence-corrected chi connectivity index (χ2v) is 11.4. The smallest absolute Gasteiger partial charge is 0.282 e. The SMILES string of the molecule is Cc1cc(C(=O)Nc2cc(Cl)cc(NS(C)(=O)=O)c2)cn1-c1ncc(N2CC(F)(F)C2)cc1OC(C)C. The number of halogens is 3. The van der Waals surface area contributed by atoms with E-state index in [1.165, 1.54) is 29.3 Å². The number of rotatable bonds is 8. The predicted molar refractivity (Wildman–Crippen MR) is 139 cm³/mol. The first-order chi connectivity index (χ1) is 17.2. The molecule has 0 spiro atoms. The van der Waals surface area contributed by atoms with E-state index in [9.17, 15) is 22.0 Å². The molecule has 0 bridgehead atoms. The van der Waals surface area contributed by atoms with Crippen LogP contribution >= 0.6 is 11.6 Å². The first-order valence-electron chi connectivity index (χ1n) is 11.3. The number of aryl methyl sites for hydroxylation is 1. The summed E-state index contributed by atoms with van der Waals surface area (Å²) in [4.78, 5) is 19.0. The van der Waals surface area contributed by atoms with Gasteiger partial charge in [-0.2, -0.15) is 0 Å². The van der Waals surface area contributed by atoms with E-state index >= 15 is 0 Å². The Hall–Kier alpha value is -3.38. The molecule has 0 saturated carbocycles. The van der Waals surface area contributed by atoms with Gasteiger partial charge in [0.25, 0.3) is 11.8 Å². The number of pyridine rings is 1. The van der Waals surface area contributed by atoms with Gasteiger partial charge in [-0.15, -0.1) is 0 Å². The average molecular weight is 554 g/mol. The second kappa shape index (κ2) is 9.82. The highest BCUT2D eigenvalue weighted by atomic mass is 35.5. The van der Waals surface area contributed by atoms with Crippen molar-refractivity contribution in [1.82, 2.24) is 9.55 Å². The van der Waals surface area contributed by atoms with E-state index in [1.807, 2.05) is 13.8 Å². The largest absolute Gasteiger partial charge is 0.487 e. The van der Waals surface area contributed by atoms with E-state index in [0.717, 1.165) is 6.26 Å². The first-order valence-corrected chi connectivity index (χ1v) is 13.5. The molecule has 198 valence electrons. The Balaban J connectivity index is 1.60. The van der Waals surface area contributed by atoms with Crippen LogP contribution in [0.5, 0.6) is 5.75 Å². The van der Waals surface area contributed by atoms with Gasteiger partial charge in [-0.05, 0) is 45.0 Å². The summed E-state index contributed by atoms with van der Waals surface area (Å²) in [6.45, 7) is 4.70. The van der Waals surface area contributed by atoms with Crippen molar-refractivity contribution >= 4 is 44.6 Å². The molecular formula is C24H26ClF2N5O4S. The maximum atomic E-state index is 13.4. The van der Waals surface area contributed by atoms with Gasteiger partial charge in [0.2, 0.25) is 10.0 Å². The zero-order valence-corrected chi connectivity index (χ0v) is 22.1. The lowest BCUT2D eigenvalue weighted by atomic mass is 10.1. The highest BCUT2D eigenvalue weighted by Crippen LogP contribution is 2.35.